The van der Waals surface area contributed by atoms with E-state index in [1.807, 2.05) is 0 Å². The van der Waals surface area contributed by atoms with Crippen molar-refractivity contribution in [2.75, 3.05) is 20.8 Å². The Balaban J connectivity index is 2.62. The summed E-state index contributed by atoms with van der Waals surface area (Å²) in [7, 11) is 2.73. The van der Waals surface area contributed by atoms with Gasteiger partial charge < -0.3 is 37.9 Å². The van der Waals surface area contributed by atoms with Gasteiger partial charge in [-0.25, -0.2) is 0 Å². The minimum absolute atomic E-state index is 0.0128. The van der Waals surface area contributed by atoms with Crippen LogP contribution in [0.4, 0.5) is 0 Å². The molecule has 5 atom stereocenters. The molecule has 13 nitrogen and oxygen atoms in total. The first-order valence-corrected chi connectivity index (χ1v) is 12.5. The molecule has 0 aromatic heterocycles. The van der Waals surface area contributed by atoms with Gasteiger partial charge in [0.05, 0.1) is 14.2 Å². The summed E-state index contributed by atoms with van der Waals surface area (Å²) in [5, 5.41) is 0. The zero-order valence-corrected chi connectivity index (χ0v) is 24.2. The van der Waals surface area contributed by atoms with Gasteiger partial charge in [0.25, 0.3) is 0 Å². The molecule has 0 radical (unpaired) electrons. The van der Waals surface area contributed by atoms with Crippen molar-refractivity contribution < 1.29 is 61.9 Å². The smallest absolute Gasteiger partial charge is 0.303 e. The molecule has 2 rings (SSSR count). The van der Waals surface area contributed by atoms with Crippen molar-refractivity contribution in [2.24, 2.45) is 0 Å². The molecule has 0 aliphatic carbocycles. The summed E-state index contributed by atoms with van der Waals surface area (Å²) >= 11 is 1.62. The second-order valence-electron chi connectivity index (χ2n) is 8.08. The third-order valence-corrected chi connectivity index (χ3v) is 5.43. The van der Waals surface area contributed by atoms with Crippen LogP contribution in [0, 0.1) is 0 Å². The second-order valence-corrected chi connectivity index (χ2v) is 9.14. The Morgan fingerprint density at radius 3 is 1.79 bits per heavy atom. The van der Waals surface area contributed by atoms with Crippen molar-refractivity contribution in [2.45, 2.75) is 58.4 Å². The lowest BCUT2D eigenvalue weighted by atomic mass is 9.98. The molecule has 0 unspecified atom stereocenters. The van der Waals surface area contributed by atoms with E-state index in [0.29, 0.717) is 5.56 Å². The number of carbonyl (C=O) groups excluding carboxylic acids is 5. The van der Waals surface area contributed by atoms with Gasteiger partial charge >= 0.3 is 23.9 Å². The number of benzene rings is 1. The fraction of sp³-hybridized carbons (Fsp3) is 0.480. The van der Waals surface area contributed by atoms with Crippen LogP contribution in [0.25, 0.3) is 6.08 Å². The van der Waals surface area contributed by atoms with E-state index in [4.69, 9.17) is 37.9 Å². The molecular formula is C25H29IO13. The summed E-state index contributed by atoms with van der Waals surface area (Å²) in [6.45, 7) is 4.10. The minimum Gasteiger partial charge on any atom is -0.493 e. The number of allylic oxidation sites excluding steroid dienone is 1. The van der Waals surface area contributed by atoms with E-state index in [9.17, 15) is 24.0 Å². The van der Waals surface area contributed by atoms with E-state index in [1.54, 1.807) is 34.7 Å². The van der Waals surface area contributed by atoms with Crippen LogP contribution in [0.15, 0.2) is 18.2 Å². The van der Waals surface area contributed by atoms with Crippen LogP contribution in [-0.2, 0) is 47.7 Å². The highest BCUT2D eigenvalue weighted by Crippen LogP contribution is 2.41. The Morgan fingerprint density at radius 1 is 0.821 bits per heavy atom. The van der Waals surface area contributed by atoms with Crippen LogP contribution >= 0.6 is 22.6 Å². The van der Waals surface area contributed by atoms with Crippen molar-refractivity contribution >= 4 is 56.3 Å². The predicted molar refractivity (Wildman–Crippen MR) is 140 cm³/mol. The van der Waals surface area contributed by atoms with Crippen molar-refractivity contribution in [3.63, 3.8) is 0 Å². The Kier molecular flexibility index (Phi) is 12.0. The van der Waals surface area contributed by atoms with Crippen LogP contribution < -0.4 is 14.2 Å². The first-order valence-electron chi connectivity index (χ1n) is 11.5. The molecule has 1 fully saturated rings. The highest BCUT2D eigenvalue weighted by molar-refractivity contribution is 14.1. The molecule has 0 N–H and O–H groups in total. The third-order valence-electron chi connectivity index (χ3n) is 5.07. The molecule has 0 amide bonds. The van der Waals surface area contributed by atoms with Gasteiger partial charge in [0, 0.05) is 50.3 Å². The van der Waals surface area contributed by atoms with Crippen LogP contribution in [0.2, 0.25) is 0 Å². The maximum absolute atomic E-state index is 12.0. The van der Waals surface area contributed by atoms with Crippen molar-refractivity contribution in [3.05, 3.63) is 23.8 Å². The molecule has 1 aromatic rings. The number of rotatable bonds is 11. The average Bonchev–Trinajstić information content (AvgIpc) is 2.84. The number of halogens is 1. The van der Waals surface area contributed by atoms with Crippen molar-refractivity contribution in [1.29, 1.82) is 0 Å². The van der Waals surface area contributed by atoms with E-state index in [0.717, 1.165) is 20.8 Å². The van der Waals surface area contributed by atoms with Gasteiger partial charge in [-0.1, -0.05) is 6.08 Å². The number of hydrogen-bond acceptors (Lipinski definition) is 13. The molecule has 14 heteroatoms. The zero-order chi connectivity index (χ0) is 29.3. The van der Waals surface area contributed by atoms with E-state index < -0.39 is 61.2 Å². The third kappa shape index (κ3) is 9.38. The van der Waals surface area contributed by atoms with E-state index in [2.05, 4.69) is 0 Å². The van der Waals surface area contributed by atoms with Crippen LogP contribution in [0.3, 0.4) is 0 Å². The quantitative estimate of drug-likeness (QED) is 0.111. The molecule has 214 valence electrons. The van der Waals surface area contributed by atoms with Crippen molar-refractivity contribution in [3.8, 4) is 17.2 Å². The molecular weight excluding hydrogens is 635 g/mol. The standard InChI is InChI=1S/C25H29IO13/c1-12(27)34-11-19-22(35-13(2)28)23(36-14(3)29)24(37-15(4)30)25(38-19)39-21-17(32-5)9-16(7-8-20(26)31)10-18(21)33-6/h7-10,19,22-25H,11H2,1-6H3/t19-,22-,23+,24+,25-/m1/s1. The molecule has 39 heavy (non-hydrogen) atoms. The van der Waals surface area contributed by atoms with E-state index in [-0.39, 0.29) is 21.0 Å². The Labute approximate surface area is 238 Å². The van der Waals surface area contributed by atoms with Crippen LogP contribution in [0.1, 0.15) is 33.3 Å². The number of esters is 4. The van der Waals surface area contributed by atoms with E-state index >= 15 is 0 Å². The first-order chi connectivity index (χ1) is 18.4. The molecule has 0 saturated carbocycles. The predicted octanol–water partition coefficient (Wildman–Crippen LogP) is 2.14. The molecule has 0 spiro atoms. The first kappa shape index (κ1) is 31.8. The maximum Gasteiger partial charge on any atom is 0.303 e. The van der Waals surface area contributed by atoms with Gasteiger partial charge in [0.1, 0.15) is 12.7 Å². The summed E-state index contributed by atoms with van der Waals surface area (Å²) < 4.78 is 44.0. The molecule has 1 heterocycles. The topological polar surface area (TPSA) is 159 Å². The van der Waals surface area contributed by atoms with E-state index in [1.165, 1.54) is 33.3 Å². The molecule has 1 aliphatic rings. The van der Waals surface area contributed by atoms with Crippen LogP contribution in [0.5, 0.6) is 17.2 Å². The monoisotopic (exact) mass is 664 g/mol. The van der Waals surface area contributed by atoms with Gasteiger partial charge in [-0.2, -0.15) is 0 Å². The summed E-state index contributed by atoms with van der Waals surface area (Å²) in [4.78, 5) is 58.8. The summed E-state index contributed by atoms with van der Waals surface area (Å²) in [6, 6.07) is 3.11. The minimum atomic E-state index is -1.49. The fourth-order valence-corrected chi connectivity index (χ4v) is 3.85. The maximum atomic E-state index is 12.0. The lowest BCUT2D eigenvalue weighted by molar-refractivity contribution is -0.288. The van der Waals surface area contributed by atoms with Gasteiger partial charge in [-0.3, -0.25) is 24.0 Å². The largest absolute Gasteiger partial charge is 0.493 e. The number of ether oxygens (including phenoxy) is 8. The number of hydrogen-bond donors (Lipinski definition) is 0. The summed E-state index contributed by atoms with van der Waals surface area (Å²) in [5.41, 5.74) is 0.544. The lowest BCUT2D eigenvalue weighted by Gasteiger charge is -2.44. The molecule has 0 bridgehead atoms. The van der Waals surface area contributed by atoms with Gasteiger partial charge in [0.2, 0.25) is 21.9 Å². The Morgan fingerprint density at radius 2 is 1.33 bits per heavy atom. The molecule has 1 aliphatic heterocycles. The summed E-state index contributed by atoms with van der Waals surface area (Å²) in [5.74, 6) is -2.65. The normalized spacial score (nSPS) is 22.4. The Hall–Kier alpha value is -3.40. The van der Waals surface area contributed by atoms with Gasteiger partial charge in [0.15, 0.2) is 23.7 Å². The second kappa shape index (κ2) is 14.7. The summed E-state index contributed by atoms with van der Waals surface area (Å²) in [6.07, 6.45) is -4.01. The fourth-order valence-electron chi connectivity index (χ4n) is 3.67. The highest BCUT2D eigenvalue weighted by atomic mass is 127. The van der Waals surface area contributed by atoms with Gasteiger partial charge in [-0.05, 0) is 23.8 Å². The van der Waals surface area contributed by atoms with Crippen LogP contribution in [-0.4, -0.2) is 79.2 Å². The zero-order valence-electron chi connectivity index (χ0n) is 22.1. The molecule has 1 saturated heterocycles. The number of carbonyl (C=O) groups is 5. The molecule has 1 aromatic carbocycles. The highest BCUT2D eigenvalue weighted by Gasteiger charge is 2.53. The van der Waals surface area contributed by atoms with Crippen molar-refractivity contribution in [1.82, 2.24) is 0 Å². The number of methoxy groups -OCH3 is 2. The lowest BCUT2D eigenvalue weighted by Crippen LogP contribution is -2.63. The SMILES string of the molecule is COc1cc(C=CC(=O)I)cc(OC)c1O[C@H]1O[C@H](COC(C)=O)[C@@H](OC(C)=O)[C@H](OC(C)=O)[C@@H]1OC(C)=O. The average molecular weight is 664 g/mol. The Bertz CT molecular complexity index is 1090. The van der Waals surface area contributed by atoms with Gasteiger partial charge in [-0.15, -0.1) is 0 Å².